The van der Waals surface area contributed by atoms with Gasteiger partial charge in [-0.3, -0.25) is 0 Å². The Bertz CT molecular complexity index is 779. The summed E-state index contributed by atoms with van der Waals surface area (Å²) in [7, 11) is 0. The Hall–Kier alpha value is -2.81. The van der Waals surface area contributed by atoms with Crippen LogP contribution in [0.25, 0.3) is 0 Å². The fourth-order valence-electron chi connectivity index (χ4n) is 2.61. The number of halogens is 3. The van der Waals surface area contributed by atoms with Gasteiger partial charge in [0.25, 0.3) is 0 Å². The van der Waals surface area contributed by atoms with Crippen molar-refractivity contribution < 1.29 is 36.9 Å². The van der Waals surface area contributed by atoms with Gasteiger partial charge in [0.15, 0.2) is 6.10 Å². The summed E-state index contributed by atoms with van der Waals surface area (Å²) >= 11 is 0. The molecule has 9 heteroatoms. The van der Waals surface area contributed by atoms with Crippen molar-refractivity contribution in [2.75, 3.05) is 19.8 Å². The quantitative estimate of drug-likeness (QED) is 0.503. The Morgan fingerprint density at radius 2 is 1.73 bits per heavy atom. The normalized spacial score (nSPS) is 12.3. The number of rotatable bonds is 11. The molecule has 0 radical (unpaired) electrons. The number of alkyl halides is 3. The number of hydrogen-bond acceptors (Lipinski definition) is 6. The predicted octanol–water partition coefficient (Wildman–Crippen LogP) is 4.11. The predicted molar refractivity (Wildman–Crippen MR) is 102 cm³/mol. The number of carbonyl (C=O) groups is 1. The van der Waals surface area contributed by atoms with Gasteiger partial charge in [-0.15, -0.1) is 13.2 Å². The minimum Gasteiger partial charge on any atom is -0.477 e. The lowest BCUT2D eigenvalue weighted by molar-refractivity contribution is -0.274. The van der Waals surface area contributed by atoms with Crippen LogP contribution < -0.4 is 9.47 Å². The Morgan fingerprint density at radius 1 is 1.03 bits per heavy atom. The van der Waals surface area contributed by atoms with Crippen LogP contribution in [0.5, 0.6) is 11.6 Å². The van der Waals surface area contributed by atoms with E-state index in [4.69, 9.17) is 14.2 Å². The van der Waals surface area contributed by atoms with Crippen molar-refractivity contribution in [2.45, 2.75) is 39.2 Å². The Balaban J connectivity index is 1.82. The van der Waals surface area contributed by atoms with E-state index in [2.05, 4.69) is 9.72 Å². The van der Waals surface area contributed by atoms with Crippen LogP contribution in [0.2, 0.25) is 0 Å². The molecule has 1 heterocycles. The van der Waals surface area contributed by atoms with Gasteiger partial charge >= 0.3 is 12.3 Å². The molecule has 1 aromatic heterocycles. The molecule has 0 fully saturated rings. The molecule has 0 N–H and O–H groups in total. The molecule has 30 heavy (non-hydrogen) atoms. The number of carbonyl (C=O) groups excluding carboxylic acids is 1. The van der Waals surface area contributed by atoms with E-state index in [1.807, 2.05) is 0 Å². The molecule has 0 amide bonds. The zero-order valence-electron chi connectivity index (χ0n) is 16.8. The van der Waals surface area contributed by atoms with Crippen LogP contribution in [0, 0.1) is 0 Å². The van der Waals surface area contributed by atoms with Crippen molar-refractivity contribution in [3.8, 4) is 11.6 Å². The van der Waals surface area contributed by atoms with Crippen molar-refractivity contribution in [3.63, 3.8) is 0 Å². The Kier molecular flexibility index (Phi) is 8.91. The zero-order chi connectivity index (χ0) is 22.0. The molecule has 1 unspecified atom stereocenters. The van der Waals surface area contributed by atoms with Gasteiger partial charge < -0.3 is 18.9 Å². The van der Waals surface area contributed by atoms with E-state index < -0.39 is 18.4 Å². The second-order valence-electron chi connectivity index (χ2n) is 6.20. The van der Waals surface area contributed by atoms with Crippen molar-refractivity contribution in [1.82, 2.24) is 4.98 Å². The fourth-order valence-corrected chi connectivity index (χ4v) is 2.61. The monoisotopic (exact) mass is 427 g/mol. The van der Waals surface area contributed by atoms with Crippen molar-refractivity contribution >= 4 is 5.97 Å². The Labute approximate surface area is 172 Å². The van der Waals surface area contributed by atoms with Crippen molar-refractivity contribution in [3.05, 3.63) is 53.7 Å². The molecule has 0 saturated heterocycles. The molecule has 1 aromatic carbocycles. The number of benzene rings is 1. The number of hydrogen-bond donors (Lipinski definition) is 0. The molecular weight excluding hydrogens is 403 g/mol. The number of esters is 1. The smallest absolute Gasteiger partial charge is 0.477 e. The highest BCUT2D eigenvalue weighted by atomic mass is 19.4. The van der Waals surface area contributed by atoms with Gasteiger partial charge in [-0.1, -0.05) is 18.2 Å². The van der Waals surface area contributed by atoms with E-state index >= 15 is 0 Å². The molecule has 2 aromatic rings. The summed E-state index contributed by atoms with van der Waals surface area (Å²) in [4.78, 5) is 16.1. The molecule has 0 saturated carbocycles. The second-order valence-corrected chi connectivity index (χ2v) is 6.20. The van der Waals surface area contributed by atoms with Crippen molar-refractivity contribution in [2.24, 2.45) is 0 Å². The molecule has 0 bridgehead atoms. The van der Waals surface area contributed by atoms with Crippen LogP contribution in [0.15, 0.2) is 42.6 Å². The summed E-state index contributed by atoms with van der Waals surface area (Å²) in [6, 6.07) is 9.08. The molecule has 0 spiro atoms. The lowest BCUT2D eigenvalue weighted by Gasteiger charge is -2.15. The highest BCUT2D eigenvalue weighted by Gasteiger charge is 2.30. The van der Waals surface area contributed by atoms with Gasteiger partial charge in [0.1, 0.15) is 5.75 Å². The molecule has 1 atom stereocenters. The van der Waals surface area contributed by atoms with E-state index in [1.165, 1.54) is 12.1 Å². The highest BCUT2D eigenvalue weighted by Crippen LogP contribution is 2.23. The summed E-state index contributed by atoms with van der Waals surface area (Å²) in [5.74, 6) is -0.274. The number of nitrogens with zero attached hydrogens (tertiary/aromatic N) is 1. The summed E-state index contributed by atoms with van der Waals surface area (Å²) in [6.45, 7) is 4.51. The summed E-state index contributed by atoms with van der Waals surface area (Å²) in [5.41, 5.74) is 1.60. The van der Waals surface area contributed by atoms with Gasteiger partial charge in [0.05, 0.1) is 13.2 Å². The van der Waals surface area contributed by atoms with Crippen LogP contribution in [-0.4, -0.2) is 43.2 Å². The minimum absolute atomic E-state index is 0.266. The van der Waals surface area contributed by atoms with E-state index in [0.29, 0.717) is 31.9 Å². The maximum atomic E-state index is 12.2. The number of ether oxygens (including phenoxy) is 4. The first-order chi connectivity index (χ1) is 14.3. The largest absolute Gasteiger partial charge is 0.573 e. The Morgan fingerprint density at radius 3 is 2.30 bits per heavy atom. The molecule has 0 aliphatic carbocycles. The summed E-state index contributed by atoms with van der Waals surface area (Å²) in [5, 5.41) is 0. The first-order valence-corrected chi connectivity index (χ1v) is 9.51. The standard InChI is InChI=1S/C21H24F3NO5/c1-3-27-18(20(26)28-4-2)13-16-7-10-19(25-14-16)29-12-11-15-5-8-17(9-6-15)30-21(22,23)24/h5-10,14,18H,3-4,11-13H2,1-2H3. The molecule has 0 aliphatic rings. The molecule has 164 valence electrons. The van der Waals surface area contributed by atoms with E-state index in [0.717, 1.165) is 11.1 Å². The average molecular weight is 427 g/mol. The van der Waals surface area contributed by atoms with Crippen LogP contribution in [0.1, 0.15) is 25.0 Å². The molecule has 6 nitrogen and oxygen atoms in total. The topological polar surface area (TPSA) is 66.9 Å². The van der Waals surface area contributed by atoms with Gasteiger partial charge in [-0.2, -0.15) is 0 Å². The van der Waals surface area contributed by atoms with Gasteiger partial charge in [-0.25, -0.2) is 9.78 Å². The lowest BCUT2D eigenvalue weighted by Crippen LogP contribution is -2.29. The number of pyridine rings is 1. The lowest BCUT2D eigenvalue weighted by atomic mass is 10.1. The summed E-state index contributed by atoms with van der Waals surface area (Å²) in [6.07, 6.45) is -2.96. The average Bonchev–Trinajstić information content (AvgIpc) is 2.69. The van der Waals surface area contributed by atoms with Crippen LogP contribution in [-0.2, 0) is 27.1 Å². The third-order valence-electron chi connectivity index (χ3n) is 3.93. The SMILES string of the molecule is CCOC(=O)C(Cc1ccc(OCCc2ccc(OC(F)(F)F)cc2)nc1)OCC. The van der Waals surface area contributed by atoms with Gasteiger partial charge in [0, 0.05) is 31.7 Å². The molecule has 2 rings (SSSR count). The third kappa shape index (κ3) is 8.28. The third-order valence-corrected chi connectivity index (χ3v) is 3.93. The van der Waals surface area contributed by atoms with Crippen LogP contribution >= 0.6 is 0 Å². The van der Waals surface area contributed by atoms with E-state index in [9.17, 15) is 18.0 Å². The first kappa shape index (κ1) is 23.5. The first-order valence-electron chi connectivity index (χ1n) is 9.51. The number of aromatic nitrogens is 1. The maximum absolute atomic E-state index is 12.2. The van der Waals surface area contributed by atoms with E-state index in [1.54, 1.807) is 44.3 Å². The highest BCUT2D eigenvalue weighted by molar-refractivity contribution is 5.75. The summed E-state index contributed by atoms with van der Waals surface area (Å²) < 4.78 is 56.3. The van der Waals surface area contributed by atoms with Gasteiger partial charge in [-0.05, 0) is 37.1 Å². The van der Waals surface area contributed by atoms with E-state index in [-0.39, 0.29) is 12.4 Å². The van der Waals surface area contributed by atoms with Crippen LogP contribution in [0.3, 0.4) is 0 Å². The van der Waals surface area contributed by atoms with Gasteiger partial charge in [0.2, 0.25) is 5.88 Å². The zero-order valence-corrected chi connectivity index (χ0v) is 16.8. The minimum atomic E-state index is -4.71. The molecular formula is C21H24F3NO5. The molecule has 0 aliphatic heterocycles. The second kappa shape index (κ2) is 11.4. The maximum Gasteiger partial charge on any atom is 0.573 e. The van der Waals surface area contributed by atoms with Crippen molar-refractivity contribution in [1.29, 1.82) is 0 Å². The van der Waals surface area contributed by atoms with Crippen LogP contribution in [0.4, 0.5) is 13.2 Å². The fraction of sp³-hybridized carbons (Fsp3) is 0.429.